The normalized spacial score (nSPS) is 20.4. The third kappa shape index (κ3) is 7.52. The van der Waals surface area contributed by atoms with E-state index < -0.39 is 24.3 Å². The summed E-state index contributed by atoms with van der Waals surface area (Å²) in [6.45, 7) is 11.4. The number of hydrogen-bond donors (Lipinski definition) is 4. The molecule has 3 aliphatic rings. The van der Waals surface area contributed by atoms with Crippen LogP contribution in [0.1, 0.15) is 76.6 Å². The van der Waals surface area contributed by atoms with Crippen LogP contribution in [0.3, 0.4) is 0 Å². The number of nitrogens with one attached hydrogen (secondary N) is 4. The molecule has 0 spiro atoms. The van der Waals surface area contributed by atoms with Crippen molar-refractivity contribution in [1.29, 1.82) is 0 Å². The summed E-state index contributed by atoms with van der Waals surface area (Å²) in [6, 6.07) is 13.1. The van der Waals surface area contributed by atoms with Gasteiger partial charge in [0, 0.05) is 36.0 Å². The number of carbonyl (C=O) groups is 4. The van der Waals surface area contributed by atoms with Crippen molar-refractivity contribution in [3.63, 3.8) is 0 Å². The fourth-order valence-electron chi connectivity index (χ4n) is 9.15. The Morgan fingerprint density at radius 3 is 2.18 bits per heavy atom. The topological polar surface area (TPSA) is 188 Å². The summed E-state index contributed by atoms with van der Waals surface area (Å²) in [7, 11) is 2.59. The van der Waals surface area contributed by atoms with E-state index in [2.05, 4.69) is 67.8 Å². The van der Waals surface area contributed by atoms with E-state index in [4.69, 9.17) is 24.4 Å². The first-order valence-electron chi connectivity index (χ1n) is 20.9. The minimum atomic E-state index is -0.702. The van der Waals surface area contributed by atoms with Gasteiger partial charge in [-0.25, -0.2) is 19.6 Å². The number of carbonyl (C=O) groups excluding carboxylic acids is 4. The predicted octanol–water partition coefficient (Wildman–Crippen LogP) is 5.47. The highest BCUT2D eigenvalue weighted by atomic mass is 16.5. The second-order valence-electron chi connectivity index (χ2n) is 16.8. The summed E-state index contributed by atoms with van der Waals surface area (Å²) in [5, 5.41) is 11.1. The maximum absolute atomic E-state index is 13.7. The molecule has 3 aliphatic heterocycles. The number of likely N-dealkylation sites (tertiary alicyclic amines) is 2. The van der Waals surface area contributed by atoms with Gasteiger partial charge in [0.25, 0.3) is 0 Å². The van der Waals surface area contributed by atoms with E-state index in [-0.39, 0.29) is 41.9 Å². The molecular formula is C44H54N10O6. The average molecular weight is 819 g/mol. The number of benzene rings is 2. The number of H-pyrrole nitrogens is 1. The molecule has 5 aromatic rings. The SMILES string of the molecule is COC(=O)NC(C(=O)N1CCCC1c1ncc(-c2ccc3c(c2)nc(C)n2c4ccc(C5=NC(C6CCCN6C(=O)C(NC(=O)OC)C(C)C)NC5)cc4cc32)[nH]1)C(C)C. The Morgan fingerprint density at radius 2 is 1.48 bits per heavy atom. The Kier molecular flexibility index (Phi) is 11.2. The Hall–Kier alpha value is -6.03. The Balaban J connectivity index is 1.03. The van der Waals surface area contributed by atoms with Crippen LogP contribution in [-0.2, 0) is 19.1 Å². The molecule has 0 saturated carbocycles. The first-order chi connectivity index (χ1) is 28.9. The second kappa shape index (κ2) is 16.6. The molecule has 6 heterocycles. The molecule has 2 aromatic carbocycles. The highest BCUT2D eigenvalue weighted by Gasteiger charge is 2.41. The third-order valence-electron chi connectivity index (χ3n) is 12.3. The molecule has 0 radical (unpaired) electrons. The fraction of sp³-hybridized carbons (Fsp3) is 0.477. The summed E-state index contributed by atoms with van der Waals surface area (Å²) in [6.07, 6.45) is 3.61. The highest BCUT2D eigenvalue weighted by molar-refractivity contribution is 6.08. The number of aromatic amines is 1. The van der Waals surface area contributed by atoms with Gasteiger partial charge in [0.05, 0.1) is 60.5 Å². The molecule has 2 saturated heterocycles. The quantitative estimate of drug-likeness (QED) is 0.142. The van der Waals surface area contributed by atoms with E-state index in [0.29, 0.717) is 25.5 Å². The lowest BCUT2D eigenvalue weighted by atomic mass is 10.0. The van der Waals surface area contributed by atoms with Crippen LogP contribution in [0.4, 0.5) is 9.59 Å². The van der Waals surface area contributed by atoms with Crippen molar-refractivity contribution >= 4 is 57.0 Å². The van der Waals surface area contributed by atoms with Crippen LogP contribution >= 0.6 is 0 Å². The number of nitrogens with zero attached hydrogens (tertiary/aromatic N) is 6. The Morgan fingerprint density at radius 1 is 0.817 bits per heavy atom. The van der Waals surface area contributed by atoms with Crippen LogP contribution in [-0.4, -0.2) is 117 Å². The lowest BCUT2D eigenvalue weighted by molar-refractivity contribution is -0.136. The van der Waals surface area contributed by atoms with Crippen molar-refractivity contribution in [3.05, 3.63) is 65.9 Å². The summed E-state index contributed by atoms with van der Waals surface area (Å²) in [4.78, 5) is 73.5. The van der Waals surface area contributed by atoms with Gasteiger partial charge in [-0.2, -0.15) is 0 Å². The van der Waals surface area contributed by atoms with Crippen LogP contribution in [0.15, 0.2) is 53.7 Å². The summed E-state index contributed by atoms with van der Waals surface area (Å²) >= 11 is 0. The molecule has 5 unspecified atom stereocenters. The predicted molar refractivity (Wildman–Crippen MR) is 228 cm³/mol. The first-order valence-corrected chi connectivity index (χ1v) is 20.9. The standard InChI is InChI=1S/C44H54N10O6/c1-23(2)37(50-43(57)59-6)41(55)52-16-8-10-34(52)39-45-21-31(48-39)26-13-15-33-28(18-26)20-36-29-14-12-27(19-30(29)47-25(5)54(33)36)32-22-46-40(49-32)35-11-9-17-53(35)42(56)38(24(3)4)51-44(58)60-7/h12-15,18-20,22-24,34-35,37-39,45H,8-11,16-17,21H2,1-7H3,(H,46,49)(H,50,57)(H,51,58). The number of aryl methyl sites for hydroxylation is 1. The van der Waals surface area contributed by atoms with Gasteiger partial charge in [-0.05, 0) is 74.3 Å². The molecule has 3 aromatic heterocycles. The monoisotopic (exact) mass is 818 g/mol. The van der Waals surface area contributed by atoms with Crippen molar-refractivity contribution in [2.45, 2.75) is 90.6 Å². The zero-order valence-corrected chi connectivity index (χ0v) is 35.2. The summed E-state index contributed by atoms with van der Waals surface area (Å²) in [5.41, 5.74) is 6.67. The van der Waals surface area contributed by atoms with Gasteiger partial charge in [0.1, 0.15) is 29.9 Å². The largest absolute Gasteiger partial charge is 0.453 e. The van der Waals surface area contributed by atoms with E-state index >= 15 is 0 Å². The second-order valence-corrected chi connectivity index (χ2v) is 16.8. The molecule has 60 heavy (non-hydrogen) atoms. The minimum Gasteiger partial charge on any atom is -0.453 e. The number of aromatic nitrogens is 4. The molecule has 8 rings (SSSR count). The van der Waals surface area contributed by atoms with Crippen molar-refractivity contribution in [2.75, 3.05) is 33.9 Å². The van der Waals surface area contributed by atoms with Crippen LogP contribution in [0.2, 0.25) is 0 Å². The zero-order chi connectivity index (χ0) is 42.4. The number of rotatable bonds is 10. The number of hydrogen-bond acceptors (Lipinski definition) is 10. The number of alkyl carbamates (subject to hydrolysis) is 2. The van der Waals surface area contributed by atoms with E-state index in [1.165, 1.54) is 14.2 Å². The molecule has 0 bridgehead atoms. The molecule has 4 N–H and O–H groups in total. The molecule has 4 amide bonds. The maximum atomic E-state index is 13.7. The summed E-state index contributed by atoms with van der Waals surface area (Å²) in [5.74, 6) is 1.09. The number of methoxy groups -OCH3 is 2. The average Bonchev–Trinajstić information content (AvgIpc) is 4.09. The maximum Gasteiger partial charge on any atom is 0.407 e. The van der Waals surface area contributed by atoms with Gasteiger partial charge in [0.15, 0.2) is 0 Å². The smallest absolute Gasteiger partial charge is 0.407 e. The first kappa shape index (κ1) is 40.7. The number of aliphatic imine (C=N–C) groups is 1. The van der Waals surface area contributed by atoms with Gasteiger partial charge in [0.2, 0.25) is 11.8 Å². The number of ether oxygens (including phenoxy) is 2. The summed E-state index contributed by atoms with van der Waals surface area (Å²) < 4.78 is 11.8. The number of amides is 4. The van der Waals surface area contributed by atoms with Crippen molar-refractivity contribution < 1.29 is 28.7 Å². The van der Waals surface area contributed by atoms with Crippen LogP contribution in [0.25, 0.3) is 38.6 Å². The highest BCUT2D eigenvalue weighted by Crippen LogP contribution is 2.35. The van der Waals surface area contributed by atoms with Gasteiger partial charge < -0.3 is 34.9 Å². The van der Waals surface area contributed by atoms with Gasteiger partial charge in [-0.1, -0.05) is 45.9 Å². The lowest BCUT2D eigenvalue weighted by Crippen LogP contribution is -2.55. The zero-order valence-electron chi connectivity index (χ0n) is 35.2. The number of fused-ring (bicyclic) bond motifs is 5. The van der Waals surface area contributed by atoms with Gasteiger partial charge >= 0.3 is 12.2 Å². The van der Waals surface area contributed by atoms with E-state index in [9.17, 15) is 19.2 Å². The van der Waals surface area contributed by atoms with Gasteiger partial charge in [-0.3, -0.25) is 24.3 Å². The van der Waals surface area contributed by atoms with Gasteiger partial charge in [-0.15, -0.1) is 0 Å². The van der Waals surface area contributed by atoms with Crippen molar-refractivity contribution in [3.8, 4) is 11.3 Å². The van der Waals surface area contributed by atoms with Crippen LogP contribution in [0.5, 0.6) is 0 Å². The molecule has 2 fully saturated rings. The Labute approximate surface area is 348 Å². The molecule has 16 heteroatoms. The molecule has 5 atom stereocenters. The molecule has 0 aliphatic carbocycles. The van der Waals surface area contributed by atoms with Crippen LogP contribution in [0, 0.1) is 18.8 Å². The third-order valence-corrected chi connectivity index (χ3v) is 12.3. The van der Waals surface area contributed by atoms with E-state index in [0.717, 1.165) is 81.4 Å². The van der Waals surface area contributed by atoms with E-state index in [1.807, 2.05) is 44.4 Å². The lowest BCUT2D eigenvalue weighted by Gasteiger charge is -2.32. The van der Waals surface area contributed by atoms with Crippen LogP contribution < -0.4 is 16.0 Å². The van der Waals surface area contributed by atoms with E-state index in [1.54, 1.807) is 6.20 Å². The molecular weight excluding hydrogens is 765 g/mol. The molecule has 316 valence electrons. The van der Waals surface area contributed by atoms with Crippen molar-refractivity contribution in [2.24, 2.45) is 16.8 Å². The Bertz CT molecular complexity index is 2510. The minimum absolute atomic E-state index is 0.0998. The fourth-order valence-corrected chi connectivity index (χ4v) is 9.15. The number of imidazole rings is 1. The van der Waals surface area contributed by atoms with Crippen molar-refractivity contribution in [1.82, 2.24) is 45.1 Å². The molecule has 16 nitrogen and oxygen atoms in total.